The summed E-state index contributed by atoms with van der Waals surface area (Å²) in [7, 11) is 1.58. The number of halogens is 2. The fourth-order valence-corrected chi connectivity index (χ4v) is 6.54. The average Bonchev–Trinajstić information content (AvgIpc) is 3.49. The lowest BCUT2D eigenvalue weighted by molar-refractivity contribution is -0.125. The molecule has 3 fully saturated rings. The minimum absolute atomic E-state index is 0.00677. The van der Waals surface area contributed by atoms with Crippen LogP contribution in [0.4, 0.5) is 5.69 Å². The van der Waals surface area contributed by atoms with E-state index in [-0.39, 0.29) is 47.5 Å². The van der Waals surface area contributed by atoms with E-state index in [1.807, 2.05) is 6.07 Å². The number of ether oxygens (including phenoxy) is 1. The van der Waals surface area contributed by atoms with E-state index in [1.54, 1.807) is 43.5 Å². The van der Waals surface area contributed by atoms with Crippen LogP contribution in [0.1, 0.15) is 12.0 Å². The van der Waals surface area contributed by atoms with Gasteiger partial charge in [0.2, 0.25) is 11.8 Å². The number of anilines is 1. The topological polar surface area (TPSA) is 68.2 Å². The van der Waals surface area contributed by atoms with Crippen molar-refractivity contribution in [2.75, 3.05) is 12.0 Å². The Morgan fingerprint density at radius 2 is 1.71 bits per heavy atom. The monoisotopic (exact) mass is 456 g/mol. The Bertz CT molecular complexity index is 1150. The van der Waals surface area contributed by atoms with Crippen LogP contribution in [-0.4, -0.2) is 30.7 Å². The summed E-state index contributed by atoms with van der Waals surface area (Å²) in [6, 6.07) is 12.3. The van der Waals surface area contributed by atoms with E-state index in [9.17, 15) is 9.59 Å². The second-order valence-corrected chi connectivity index (χ2v) is 9.37. The van der Waals surface area contributed by atoms with Crippen LogP contribution in [-0.2, 0) is 14.4 Å². The Morgan fingerprint density at radius 1 is 1.00 bits per heavy atom. The normalized spacial score (nSPS) is 32.7. The van der Waals surface area contributed by atoms with Gasteiger partial charge < -0.3 is 9.57 Å². The Balaban J connectivity index is 1.34. The van der Waals surface area contributed by atoms with Crippen molar-refractivity contribution < 1.29 is 19.2 Å². The van der Waals surface area contributed by atoms with E-state index in [4.69, 9.17) is 32.8 Å². The molecule has 8 heteroatoms. The molecule has 2 heterocycles. The fraction of sp³-hybridized carbons (Fsp3) is 0.348. The highest BCUT2D eigenvalue weighted by molar-refractivity contribution is 6.37. The van der Waals surface area contributed by atoms with E-state index in [0.717, 1.165) is 17.7 Å². The first-order valence-corrected chi connectivity index (χ1v) is 11.0. The van der Waals surface area contributed by atoms with Crippen LogP contribution in [0.2, 0.25) is 10.0 Å². The Morgan fingerprint density at radius 3 is 2.39 bits per heavy atom. The van der Waals surface area contributed by atoms with Crippen molar-refractivity contribution in [1.29, 1.82) is 0 Å². The third-order valence-electron chi connectivity index (χ3n) is 7.23. The highest BCUT2D eigenvalue weighted by Gasteiger charge is 2.70. The smallest absolute Gasteiger partial charge is 0.238 e. The van der Waals surface area contributed by atoms with Crippen LogP contribution < -0.4 is 9.64 Å². The molecule has 2 aromatic rings. The summed E-state index contributed by atoms with van der Waals surface area (Å²) in [4.78, 5) is 33.9. The molecular formula is C23H18Cl2N2O4. The molecule has 2 aromatic carbocycles. The van der Waals surface area contributed by atoms with E-state index in [1.165, 1.54) is 4.90 Å². The molecule has 0 spiro atoms. The van der Waals surface area contributed by atoms with Gasteiger partial charge in [0.05, 0.1) is 35.4 Å². The predicted molar refractivity (Wildman–Crippen MR) is 115 cm³/mol. The van der Waals surface area contributed by atoms with Crippen LogP contribution in [0.3, 0.4) is 0 Å². The maximum absolute atomic E-state index is 13.4. The summed E-state index contributed by atoms with van der Waals surface area (Å²) >= 11 is 12.5. The van der Waals surface area contributed by atoms with Crippen LogP contribution in [0.15, 0.2) is 47.6 Å². The molecule has 0 unspecified atom stereocenters. The van der Waals surface area contributed by atoms with Crippen molar-refractivity contribution in [3.8, 4) is 5.75 Å². The molecule has 0 aromatic heterocycles. The first-order chi connectivity index (χ1) is 15.0. The van der Waals surface area contributed by atoms with Crippen molar-refractivity contribution in [2.45, 2.75) is 12.5 Å². The maximum Gasteiger partial charge on any atom is 0.238 e. The number of hydrogen-bond donors (Lipinski definition) is 0. The molecule has 6 nitrogen and oxygen atoms in total. The maximum atomic E-state index is 13.4. The van der Waals surface area contributed by atoms with Crippen LogP contribution in [0.25, 0.3) is 0 Å². The molecule has 2 aliphatic carbocycles. The van der Waals surface area contributed by atoms with Crippen LogP contribution >= 0.6 is 23.2 Å². The molecule has 4 aliphatic rings. The molecule has 6 rings (SSSR count). The van der Waals surface area contributed by atoms with E-state index >= 15 is 0 Å². The van der Waals surface area contributed by atoms with Gasteiger partial charge >= 0.3 is 0 Å². The van der Waals surface area contributed by atoms with E-state index in [0.29, 0.717) is 21.5 Å². The molecule has 6 atom stereocenters. The SMILES string of the molecule is COc1ccc(N2C(=O)[C@@H]3[C@@H]4C[C@H]([C@H]5ON=C(c6ccc(Cl)cc6Cl)[C@H]45)[C@@H]3C2=O)cc1. The molecule has 0 radical (unpaired) electrons. The fourth-order valence-electron chi connectivity index (χ4n) is 6.03. The minimum atomic E-state index is -0.365. The average molecular weight is 457 g/mol. The Kier molecular flexibility index (Phi) is 4.14. The van der Waals surface area contributed by atoms with Crippen LogP contribution in [0, 0.1) is 29.6 Å². The number of rotatable bonds is 3. The van der Waals surface area contributed by atoms with Gasteiger partial charge in [0, 0.05) is 22.4 Å². The second-order valence-electron chi connectivity index (χ2n) is 8.52. The molecule has 158 valence electrons. The van der Waals surface area contributed by atoms with E-state index in [2.05, 4.69) is 5.16 Å². The minimum Gasteiger partial charge on any atom is -0.497 e. The van der Waals surface area contributed by atoms with Gasteiger partial charge in [0.15, 0.2) is 0 Å². The second kappa shape index (κ2) is 6.71. The quantitative estimate of drug-likeness (QED) is 0.649. The summed E-state index contributed by atoms with van der Waals surface area (Å²) in [5.74, 6) is -0.439. The standard InChI is InChI=1S/C23H18Cl2N2O4/c1-30-12-5-3-11(4-6-12)27-22(28)17-14-9-15(18(17)23(27)29)21-19(14)20(26-31-21)13-7-2-10(24)8-16(13)25/h2-8,14-15,17-19,21H,9H2,1H3/t14-,15-,17+,18-,19-,21+/m0/s1. The van der Waals surface area contributed by atoms with Crippen molar-refractivity contribution in [3.63, 3.8) is 0 Å². The zero-order valence-electron chi connectivity index (χ0n) is 16.5. The molecule has 2 saturated carbocycles. The van der Waals surface area contributed by atoms with Gasteiger partial charge in [-0.15, -0.1) is 0 Å². The molecule has 31 heavy (non-hydrogen) atoms. The molecule has 1 saturated heterocycles. The number of fused-ring (bicyclic) bond motifs is 8. The number of methoxy groups -OCH3 is 1. The molecule has 2 bridgehead atoms. The zero-order chi connectivity index (χ0) is 21.4. The lowest BCUT2D eigenvalue weighted by atomic mass is 9.71. The summed E-state index contributed by atoms with van der Waals surface area (Å²) in [6.07, 6.45) is 0.573. The summed E-state index contributed by atoms with van der Waals surface area (Å²) < 4.78 is 5.19. The lowest BCUT2D eigenvalue weighted by Crippen LogP contribution is -2.41. The third-order valence-corrected chi connectivity index (χ3v) is 7.78. The Labute approximate surface area is 188 Å². The first kappa shape index (κ1) is 19.1. The lowest BCUT2D eigenvalue weighted by Gasteiger charge is -2.30. The van der Waals surface area contributed by atoms with Gasteiger partial charge in [-0.1, -0.05) is 34.4 Å². The number of oxime groups is 1. The number of amides is 2. The molecular weight excluding hydrogens is 439 g/mol. The summed E-state index contributed by atoms with van der Waals surface area (Å²) in [5, 5.41) is 5.38. The number of nitrogens with zero attached hydrogens (tertiary/aromatic N) is 2. The van der Waals surface area contributed by atoms with E-state index < -0.39 is 0 Å². The predicted octanol–water partition coefficient (Wildman–Crippen LogP) is 4.18. The highest BCUT2D eigenvalue weighted by atomic mass is 35.5. The number of benzene rings is 2. The van der Waals surface area contributed by atoms with Gasteiger partial charge in [-0.25, -0.2) is 0 Å². The number of carbonyl (C=O) groups is 2. The number of hydrogen-bond acceptors (Lipinski definition) is 5. The summed E-state index contributed by atoms with van der Waals surface area (Å²) in [6.45, 7) is 0. The van der Waals surface area contributed by atoms with Crippen molar-refractivity contribution in [3.05, 3.63) is 58.1 Å². The molecule has 0 N–H and O–H groups in total. The first-order valence-electron chi connectivity index (χ1n) is 10.2. The number of carbonyl (C=O) groups excluding carboxylic acids is 2. The van der Waals surface area contributed by atoms with Gasteiger partial charge in [0.25, 0.3) is 0 Å². The van der Waals surface area contributed by atoms with Gasteiger partial charge in [0.1, 0.15) is 11.9 Å². The van der Waals surface area contributed by atoms with Gasteiger partial charge in [-0.2, -0.15) is 0 Å². The molecule has 2 aliphatic heterocycles. The van der Waals surface area contributed by atoms with Crippen molar-refractivity contribution in [2.24, 2.45) is 34.7 Å². The third kappa shape index (κ3) is 2.55. The van der Waals surface area contributed by atoms with Gasteiger partial charge in [-0.3, -0.25) is 14.5 Å². The highest BCUT2D eigenvalue weighted by Crippen LogP contribution is 2.62. The van der Waals surface area contributed by atoms with Crippen molar-refractivity contribution in [1.82, 2.24) is 0 Å². The van der Waals surface area contributed by atoms with Gasteiger partial charge in [-0.05, 0) is 48.7 Å². The zero-order valence-corrected chi connectivity index (χ0v) is 18.0. The summed E-state index contributed by atoms with van der Waals surface area (Å²) in [5.41, 5.74) is 2.09. The largest absolute Gasteiger partial charge is 0.497 e. The Hall–Kier alpha value is -2.57. The molecule has 2 amide bonds. The van der Waals surface area contributed by atoms with Crippen LogP contribution in [0.5, 0.6) is 5.75 Å². The number of imide groups is 1. The van der Waals surface area contributed by atoms with Crippen molar-refractivity contribution >= 4 is 46.4 Å².